The topological polar surface area (TPSA) is 82.7 Å². The molecule has 2 aliphatic heterocycles. The highest BCUT2D eigenvalue weighted by Gasteiger charge is 2.40. The fraction of sp³-hybridized carbons (Fsp3) is 0.741. The summed E-state index contributed by atoms with van der Waals surface area (Å²) in [5.74, 6) is 1.92. The second kappa shape index (κ2) is 12.3. The SMILES string of the molecule is CC(C)CN1CCC2(CC1)CCN(CCCn1ccnc1CN(C)Cc1nccn1CCC(=O)O)C2. The average molecular weight is 500 g/mol. The third-order valence-electron chi connectivity index (χ3n) is 7.92. The molecular formula is C27H45N7O2. The van der Waals surface area contributed by atoms with Crippen molar-refractivity contribution >= 4 is 5.97 Å². The summed E-state index contributed by atoms with van der Waals surface area (Å²) in [6.07, 6.45) is 12.9. The van der Waals surface area contributed by atoms with Crippen LogP contribution in [-0.4, -0.2) is 91.2 Å². The van der Waals surface area contributed by atoms with E-state index in [1.807, 2.05) is 17.0 Å². The Balaban J connectivity index is 1.19. The van der Waals surface area contributed by atoms with Gasteiger partial charge < -0.3 is 24.0 Å². The van der Waals surface area contributed by atoms with E-state index in [0.29, 0.717) is 18.5 Å². The number of piperidine rings is 1. The third kappa shape index (κ3) is 7.40. The lowest BCUT2D eigenvalue weighted by Gasteiger charge is -2.40. The van der Waals surface area contributed by atoms with Gasteiger partial charge in [-0.2, -0.15) is 0 Å². The molecule has 0 aromatic carbocycles. The van der Waals surface area contributed by atoms with Gasteiger partial charge in [-0.15, -0.1) is 0 Å². The lowest BCUT2D eigenvalue weighted by atomic mass is 9.77. The first kappa shape index (κ1) is 26.8. The number of imidazole rings is 2. The summed E-state index contributed by atoms with van der Waals surface area (Å²) in [5.41, 5.74) is 0.562. The van der Waals surface area contributed by atoms with Gasteiger partial charge in [-0.05, 0) is 70.2 Å². The normalized spacial score (nSPS) is 18.7. The van der Waals surface area contributed by atoms with Gasteiger partial charge in [-0.25, -0.2) is 9.97 Å². The van der Waals surface area contributed by atoms with Crippen LogP contribution < -0.4 is 0 Å². The smallest absolute Gasteiger partial charge is 0.305 e. The summed E-state index contributed by atoms with van der Waals surface area (Å²) in [7, 11) is 2.06. The van der Waals surface area contributed by atoms with Crippen LogP contribution in [0.3, 0.4) is 0 Å². The van der Waals surface area contributed by atoms with Crippen molar-refractivity contribution in [1.82, 2.24) is 33.8 Å². The molecule has 2 fully saturated rings. The molecule has 2 aliphatic rings. The van der Waals surface area contributed by atoms with Crippen LogP contribution in [0.15, 0.2) is 24.8 Å². The number of nitrogens with zero attached hydrogens (tertiary/aromatic N) is 7. The number of rotatable bonds is 13. The fourth-order valence-electron chi connectivity index (χ4n) is 5.96. The molecule has 0 atom stereocenters. The molecule has 4 heterocycles. The number of aryl methyl sites for hydroxylation is 2. The predicted octanol–water partition coefficient (Wildman–Crippen LogP) is 3.02. The van der Waals surface area contributed by atoms with E-state index >= 15 is 0 Å². The van der Waals surface area contributed by atoms with Gasteiger partial charge in [-0.1, -0.05) is 13.8 Å². The highest BCUT2D eigenvalue weighted by molar-refractivity contribution is 5.66. The third-order valence-corrected chi connectivity index (χ3v) is 7.92. The number of aromatic nitrogens is 4. The molecule has 0 radical (unpaired) electrons. The molecule has 2 saturated heterocycles. The van der Waals surface area contributed by atoms with Crippen molar-refractivity contribution in [3.8, 4) is 0 Å². The van der Waals surface area contributed by atoms with Gasteiger partial charge >= 0.3 is 5.97 Å². The Morgan fingerprint density at radius 3 is 2.14 bits per heavy atom. The zero-order chi connectivity index (χ0) is 25.5. The van der Waals surface area contributed by atoms with Gasteiger partial charge in [0.25, 0.3) is 0 Å². The Hall–Kier alpha value is -2.23. The summed E-state index contributed by atoms with van der Waals surface area (Å²) in [5, 5.41) is 8.97. The van der Waals surface area contributed by atoms with Crippen molar-refractivity contribution in [2.75, 3.05) is 46.3 Å². The van der Waals surface area contributed by atoms with Crippen LogP contribution in [0, 0.1) is 11.3 Å². The van der Waals surface area contributed by atoms with Crippen molar-refractivity contribution in [1.29, 1.82) is 0 Å². The van der Waals surface area contributed by atoms with Crippen LogP contribution in [0.1, 0.15) is 57.6 Å². The van der Waals surface area contributed by atoms with Gasteiger partial charge in [0.15, 0.2) is 0 Å². The van der Waals surface area contributed by atoms with Gasteiger partial charge in [0.1, 0.15) is 11.6 Å². The minimum atomic E-state index is -0.791. The van der Waals surface area contributed by atoms with E-state index in [-0.39, 0.29) is 6.42 Å². The molecule has 1 spiro atoms. The molecule has 0 unspecified atom stereocenters. The Kier molecular flexibility index (Phi) is 9.19. The average Bonchev–Trinajstić information content (AvgIpc) is 3.55. The zero-order valence-corrected chi connectivity index (χ0v) is 22.5. The monoisotopic (exact) mass is 499 g/mol. The highest BCUT2D eigenvalue weighted by atomic mass is 16.4. The molecular weight excluding hydrogens is 454 g/mol. The van der Waals surface area contributed by atoms with Crippen molar-refractivity contribution in [3.63, 3.8) is 0 Å². The first-order valence-electron chi connectivity index (χ1n) is 13.7. The second-order valence-corrected chi connectivity index (χ2v) is 11.5. The number of aliphatic carboxylic acids is 1. The molecule has 0 amide bonds. The number of carbonyl (C=O) groups is 1. The van der Waals surface area contributed by atoms with Crippen LogP contribution in [0.4, 0.5) is 0 Å². The van der Waals surface area contributed by atoms with E-state index in [0.717, 1.165) is 43.6 Å². The number of hydrogen-bond donors (Lipinski definition) is 1. The lowest BCUT2D eigenvalue weighted by Crippen LogP contribution is -2.42. The molecule has 9 heteroatoms. The first-order valence-corrected chi connectivity index (χ1v) is 13.7. The van der Waals surface area contributed by atoms with E-state index in [1.165, 1.54) is 52.0 Å². The largest absolute Gasteiger partial charge is 0.481 e. The van der Waals surface area contributed by atoms with Crippen molar-refractivity contribution in [2.45, 2.75) is 72.1 Å². The molecule has 36 heavy (non-hydrogen) atoms. The summed E-state index contributed by atoms with van der Waals surface area (Å²) in [6, 6.07) is 0. The van der Waals surface area contributed by atoms with E-state index in [9.17, 15) is 4.79 Å². The second-order valence-electron chi connectivity index (χ2n) is 11.5. The molecule has 0 aliphatic carbocycles. The number of hydrogen-bond acceptors (Lipinski definition) is 6. The van der Waals surface area contributed by atoms with Crippen LogP contribution in [0.25, 0.3) is 0 Å². The Labute approximate surface area is 216 Å². The molecule has 4 rings (SSSR count). The molecule has 0 saturated carbocycles. The fourth-order valence-corrected chi connectivity index (χ4v) is 5.96. The number of carboxylic acid groups (broad SMARTS) is 1. The van der Waals surface area contributed by atoms with E-state index < -0.39 is 5.97 Å². The van der Waals surface area contributed by atoms with E-state index in [1.54, 1.807) is 6.20 Å². The van der Waals surface area contributed by atoms with Gasteiger partial charge in [-0.3, -0.25) is 9.69 Å². The maximum absolute atomic E-state index is 10.9. The van der Waals surface area contributed by atoms with Crippen molar-refractivity contribution in [2.24, 2.45) is 11.3 Å². The first-order chi connectivity index (χ1) is 17.3. The number of carboxylic acids is 1. The van der Waals surface area contributed by atoms with Crippen molar-refractivity contribution in [3.05, 3.63) is 36.4 Å². The molecule has 9 nitrogen and oxygen atoms in total. The van der Waals surface area contributed by atoms with Crippen molar-refractivity contribution < 1.29 is 9.90 Å². The van der Waals surface area contributed by atoms with Gasteiger partial charge in [0.2, 0.25) is 0 Å². The summed E-state index contributed by atoms with van der Waals surface area (Å²) >= 11 is 0. The zero-order valence-electron chi connectivity index (χ0n) is 22.5. The van der Waals surface area contributed by atoms with Crippen LogP contribution in [0.2, 0.25) is 0 Å². The van der Waals surface area contributed by atoms with Crippen LogP contribution in [0.5, 0.6) is 0 Å². The molecule has 0 bridgehead atoms. The standard InChI is InChI=1S/C27H45N7O2/c1-23(2)19-31-14-6-27(7-15-31)8-16-32(22-27)11-4-12-33-17-9-28-24(33)20-30(3)21-25-29-10-18-34(25)13-5-26(35)36/h9-10,17-18,23H,4-8,11-16,19-22H2,1-3H3,(H,35,36). The molecule has 2 aromatic heterocycles. The molecule has 1 N–H and O–H groups in total. The number of likely N-dealkylation sites (tertiary alicyclic amines) is 2. The minimum Gasteiger partial charge on any atom is -0.481 e. The maximum atomic E-state index is 10.9. The Bertz CT molecular complexity index is 961. The molecule has 200 valence electrons. The van der Waals surface area contributed by atoms with Crippen LogP contribution >= 0.6 is 0 Å². The Morgan fingerprint density at radius 1 is 0.972 bits per heavy atom. The quantitative estimate of drug-likeness (QED) is 0.454. The van der Waals surface area contributed by atoms with E-state index in [2.05, 4.69) is 56.3 Å². The highest BCUT2D eigenvalue weighted by Crippen LogP contribution is 2.40. The van der Waals surface area contributed by atoms with Gasteiger partial charge in [0.05, 0.1) is 19.5 Å². The lowest BCUT2D eigenvalue weighted by molar-refractivity contribution is -0.137. The summed E-state index contributed by atoms with van der Waals surface area (Å²) in [6.45, 7) is 15.0. The van der Waals surface area contributed by atoms with Gasteiger partial charge in [0, 0.05) is 51.0 Å². The summed E-state index contributed by atoms with van der Waals surface area (Å²) < 4.78 is 4.21. The van der Waals surface area contributed by atoms with E-state index in [4.69, 9.17) is 5.11 Å². The minimum absolute atomic E-state index is 0.103. The maximum Gasteiger partial charge on any atom is 0.305 e. The predicted molar refractivity (Wildman–Crippen MR) is 140 cm³/mol. The summed E-state index contributed by atoms with van der Waals surface area (Å²) in [4.78, 5) is 27.5. The van der Waals surface area contributed by atoms with Crippen LogP contribution in [-0.2, 0) is 31.0 Å². The molecule has 2 aromatic rings. The Morgan fingerprint density at radius 2 is 1.56 bits per heavy atom.